The molecule has 0 radical (unpaired) electrons. The van der Waals surface area contributed by atoms with Crippen molar-refractivity contribution in [2.75, 3.05) is 94.9 Å². The third-order valence-corrected chi connectivity index (χ3v) is 26.7. The van der Waals surface area contributed by atoms with E-state index in [0.29, 0.717) is 0 Å². The number of fused-ring (bicyclic) bond motifs is 8. The normalized spacial score (nSPS) is 11.2. The third-order valence-electron chi connectivity index (χ3n) is 26.7. The predicted octanol–water partition coefficient (Wildman–Crippen LogP) is 32.9. The Balaban J connectivity index is 0.000000168. The first-order valence-electron chi connectivity index (χ1n) is 53.6. The van der Waals surface area contributed by atoms with Crippen molar-refractivity contribution in [3.8, 4) is 0 Å². The van der Waals surface area contributed by atoms with Crippen LogP contribution in [0.25, 0.3) is 87.2 Å². The Labute approximate surface area is 842 Å². The third kappa shape index (κ3) is 36.2. The molecule has 0 bridgehead atoms. The van der Waals surface area contributed by atoms with Crippen LogP contribution < -0.4 is 42.5 Å². The van der Waals surface area contributed by atoms with Gasteiger partial charge in [0.05, 0.1) is 44.1 Å². The van der Waals surface area contributed by atoms with E-state index >= 15 is 0 Å². The molecule has 0 amide bonds. The summed E-state index contributed by atoms with van der Waals surface area (Å²) in [6.07, 6.45) is 47.3. The van der Waals surface area contributed by atoms with Crippen LogP contribution in [0, 0.1) is 55.4 Å². The Hall–Kier alpha value is -12.6. The lowest BCUT2D eigenvalue weighted by Gasteiger charge is -2.11. The fourth-order valence-electron chi connectivity index (χ4n) is 19.4. The van der Waals surface area contributed by atoms with Crippen molar-refractivity contribution in [3.05, 3.63) is 288 Å². The largest absolute Gasteiger partial charge is 0.412 e. The highest BCUT2D eigenvalue weighted by molar-refractivity contribution is 5.97. The molecule has 16 aromatic rings. The SMILES string of the molecule is Cc1cc(NCCCCCCCCCCCCNc2cc(C)nc3ccccc23)c2ccccc2n1.Cc1cc(NCCCCCCCCCCCCNc2cc(C)nc3ccccc23)c2ccccc2n1.Cc1cc(NCCCCCCCCCCNc2cc(C)nc3ccccc23)c2ccccc2n1.Cc1cc(NCCCCCCCCCCNc2cc(C)nc3ccccc23)c2ccccc2n1.O. The number of unbranched alkanes of at least 4 members (excludes halogenated alkanes) is 32. The molecule has 744 valence electrons. The van der Waals surface area contributed by atoms with Crippen LogP contribution in [0.4, 0.5) is 45.5 Å². The number of rotatable bonds is 56. The lowest BCUT2D eigenvalue weighted by molar-refractivity contribution is 0.557. The molecule has 0 aliphatic carbocycles. The van der Waals surface area contributed by atoms with E-state index in [2.05, 4.69) is 380 Å². The summed E-state index contributed by atoms with van der Waals surface area (Å²) in [5.74, 6) is 0. The van der Waals surface area contributed by atoms with Gasteiger partial charge in [-0.3, -0.25) is 39.9 Å². The average Bonchev–Trinajstić information content (AvgIpc) is 0.861. The van der Waals surface area contributed by atoms with Crippen molar-refractivity contribution in [2.24, 2.45) is 0 Å². The summed E-state index contributed by atoms with van der Waals surface area (Å²) in [4.78, 5) is 37.0. The number of para-hydroxylation sites is 8. The molecule has 0 aliphatic heterocycles. The molecule has 0 fully saturated rings. The van der Waals surface area contributed by atoms with E-state index in [4.69, 9.17) is 0 Å². The van der Waals surface area contributed by atoms with Crippen LogP contribution in [0.5, 0.6) is 0 Å². The summed E-state index contributed by atoms with van der Waals surface area (Å²) in [5, 5.41) is 38.8. The summed E-state index contributed by atoms with van der Waals surface area (Å²) in [7, 11) is 0. The van der Waals surface area contributed by atoms with Crippen molar-refractivity contribution < 1.29 is 5.48 Å². The van der Waals surface area contributed by atoms with Gasteiger partial charge in [-0.1, -0.05) is 325 Å². The number of hydrogen-bond donors (Lipinski definition) is 8. The highest BCUT2D eigenvalue weighted by atomic mass is 16.0. The molecule has 0 unspecified atom stereocenters. The zero-order valence-corrected chi connectivity index (χ0v) is 86.3. The Morgan fingerprint density at radius 3 is 0.333 bits per heavy atom. The summed E-state index contributed by atoms with van der Waals surface area (Å²) < 4.78 is 0. The maximum absolute atomic E-state index is 4.63. The van der Waals surface area contributed by atoms with Crippen molar-refractivity contribution in [3.63, 3.8) is 0 Å². The van der Waals surface area contributed by atoms with Crippen LogP contribution in [-0.4, -0.2) is 97.7 Å². The minimum absolute atomic E-state index is 0. The number of benzene rings is 8. The monoisotopic (exact) mass is 1890 g/mol. The number of pyridine rings is 8. The molecule has 0 aliphatic rings. The van der Waals surface area contributed by atoms with Gasteiger partial charge in [0.15, 0.2) is 0 Å². The van der Waals surface area contributed by atoms with Gasteiger partial charge >= 0.3 is 0 Å². The Morgan fingerprint density at radius 1 is 0.135 bits per heavy atom. The molecule has 17 nitrogen and oxygen atoms in total. The van der Waals surface area contributed by atoms with E-state index in [1.54, 1.807) is 0 Å². The molecule has 0 atom stereocenters. The molecule has 8 aromatic heterocycles. The maximum atomic E-state index is 4.63. The average molecular weight is 1890 g/mol. The molecule has 141 heavy (non-hydrogen) atoms. The van der Waals surface area contributed by atoms with E-state index in [1.165, 1.54) is 320 Å². The number of hydrogen-bond acceptors (Lipinski definition) is 16. The zero-order valence-electron chi connectivity index (χ0n) is 86.3. The quantitative estimate of drug-likeness (QED) is 0.0166. The minimum Gasteiger partial charge on any atom is -0.412 e. The highest BCUT2D eigenvalue weighted by Crippen LogP contribution is 2.33. The lowest BCUT2D eigenvalue weighted by atomic mass is 10.1. The molecule has 16 rings (SSSR count). The van der Waals surface area contributed by atoms with Gasteiger partial charge in [0.2, 0.25) is 0 Å². The van der Waals surface area contributed by atoms with Gasteiger partial charge in [0, 0.05) is 186 Å². The van der Waals surface area contributed by atoms with Gasteiger partial charge in [0.25, 0.3) is 0 Å². The van der Waals surface area contributed by atoms with E-state index in [9.17, 15) is 0 Å². The van der Waals surface area contributed by atoms with Crippen LogP contribution in [-0.2, 0) is 0 Å². The smallest absolute Gasteiger partial charge is 0.0725 e. The molecule has 0 spiro atoms. The van der Waals surface area contributed by atoms with E-state index in [-0.39, 0.29) is 5.48 Å². The van der Waals surface area contributed by atoms with Gasteiger partial charge in [-0.15, -0.1) is 0 Å². The lowest BCUT2D eigenvalue weighted by Crippen LogP contribution is -2.03. The first-order valence-corrected chi connectivity index (χ1v) is 53.6. The second kappa shape index (κ2) is 60.5. The standard InChI is InChI=1S/2C32H42N4.2C30H38N4.H2O/c2*1-25-23-31(27-17-11-13-19-29(27)35-25)33-21-15-9-7-5-3-4-6-8-10-16-22-34-32-24-26(2)36-30-20-14-12-18-28(30)32;2*1-23-21-29(25-15-9-11-17-27(25)33-23)31-19-13-7-5-3-4-6-8-14-20-32-30-22-24(2)34-28-18-12-10-16-26(28)30;/h2*11-14,17-20,23-24H,3-10,15-16,21-22H2,1-2H3,(H,33,35)(H,34,36);2*9-12,15-18,21-22H,3-8,13-14,19-20H2,1-2H3,(H,31,33)(H,32,34);1H2. The Kier molecular flexibility index (Phi) is 46.0. The topological polar surface area (TPSA) is 231 Å². The van der Waals surface area contributed by atoms with Crippen LogP contribution in [0.1, 0.15) is 277 Å². The van der Waals surface area contributed by atoms with Crippen molar-refractivity contribution in [1.29, 1.82) is 0 Å². The predicted molar refractivity (Wildman–Crippen MR) is 610 cm³/mol. The molecule has 0 saturated heterocycles. The molecule has 8 aromatic carbocycles. The summed E-state index contributed by atoms with van der Waals surface area (Å²) >= 11 is 0. The van der Waals surface area contributed by atoms with Gasteiger partial charge in [-0.25, -0.2) is 0 Å². The fourth-order valence-corrected chi connectivity index (χ4v) is 19.4. The molecule has 0 saturated carbocycles. The van der Waals surface area contributed by atoms with Crippen molar-refractivity contribution in [2.45, 2.75) is 287 Å². The molecular weight excluding hydrogens is 1730 g/mol. The molecule has 17 heteroatoms. The van der Waals surface area contributed by atoms with E-state index < -0.39 is 0 Å². The van der Waals surface area contributed by atoms with Gasteiger partial charge in [-0.05, 0) is 204 Å². The number of aryl methyl sites for hydroxylation is 8. The van der Waals surface area contributed by atoms with Crippen LogP contribution >= 0.6 is 0 Å². The Morgan fingerprint density at radius 2 is 0.227 bits per heavy atom. The Bertz CT molecular complexity index is 5650. The van der Waals surface area contributed by atoms with Gasteiger partial charge in [0.1, 0.15) is 0 Å². The van der Waals surface area contributed by atoms with E-state index in [0.717, 1.165) is 142 Å². The van der Waals surface area contributed by atoms with Crippen molar-refractivity contribution in [1.82, 2.24) is 39.9 Å². The minimum atomic E-state index is 0. The van der Waals surface area contributed by atoms with Crippen LogP contribution in [0.2, 0.25) is 0 Å². The van der Waals surface area contributed by atoms with Gasteiger partial charge < -0.3 is 48.0 Å². The first kappa shape index (κ1) is 107. The van der Waals surface area contributed by atoms with Gasteiger partial charge in [-0.2, -0.15) is 0 Å². The number of anilines is 8. The van der Waals surface area contributed by atoms with E-state index in [1.807, 2.05) is 0 Å². The van der Waals surface area contributed by atoms with Crippen LogP contribution in [0.3, 0.4) is 0 Å². The summed E-state index contributed by atoms with van der Waals surface area (Å²) in [6.45, 7) is 24.8. The maximum Gasteiger partial charge on any atom is 0.0725 e. The molecule has 10 N–H and O–H groups in total. The van der Waals surface area contributed by atoms with Crippen molar-refractivity contribution >= 4 is 133 Å². The number of nitrogens with zero attached hydrogens (tertiary/aromatic N) is 8. The second-order valence-corrected chi connectivity index (χ2v) is 38.8. The summed E-state index contributed by atoms with van der Waals surface area (Å²) in [5.41, 5.74) is 26.9. The molecular formula is C124H162N16O. The highest BCUT2D eigenvalue weighted by Gasteiger charge is 2.13. The summed E-state index contributed by atoms with van der Waals surface area (Å²) in [6, 6.07) is 84.4. The molecule has 8 heterocycles. The first-order chi connectivity index (χ1) is 68.8. The fraction of sp³-hybridized carbons (Fsp3) is 0.419. The van der Waals surface area contributed by atoms with Crippen LogP contribution in [0.15, 0.2) is 243 Å². The zero-order chi connectivity index (χ0) is 97.2. The number of nitrogens with one attached hydrogen (secondary N) is 8. The number of aromatic nitrogens is 8. The second-order valence-electron chi connectivity index (χ2n) is 38.8.